The van der Waals surface area contributed by atoms with E-state index < -0.39 is 23.8 Å². The van der Waals surface area contributed by atoms with Crippen LogP contribution in [0, 0.1) is 19.8 Å². The molecule has 0 aliphatic rings. The van der Waals surface area contributed by atoms with Crippen molar-refractivity contribution >= 4 is 17.9 Å². The number of carbonyl (C=O) groups is 3. The number of amides is 3. The van der Waals surface area contributed by atoms with Gasteiger partial charge in [-0.3, -0.25) is 9.59 Å². The van der Waals surface area contributed by atoms with Crippen LogP contribution in [0.1, 0.15) is 104 Å². The fourth-order valence-electron chi connectivity index (χ4n) is 4.07. The number of nitrogens with zero attached hydrogens (tertiary/aromatic N) is 1. The second kappa shape index (κ2) is 14.2. The van der Waals surface area contributed by atoms with E-state index >= 15 is 0 Å². The number of alkyl carbamates (subject to hydrolysis) is 1. The van der Waals surface area contributed by atoms with E-state index in [0.717, 1.165) is 42.4 Å². The predicted molar refractivity (Wildman–Crippen MR) is 146 cm³/mol. The van der Waals surface area contributed by atoms with Crippen LogP contribution in [-0.2, 0) is 14.3 Å². The first-order chi connectivity index (χ1) is 16.7. The Balaban J connectivity index is 3.53. The van der Waals surface area contributed by atoms with E-state index in [1.54, 1.807) is 25.7 Å². The van der Waals surface area contributed by atoms with Crippen LogP contribution >= 0.6 is 0 Å². The van der Waals surface area contributed by atoms with Gasteiger partial charge in [-0.05, 0) is 71.9 Å². The van der Waals surface area contributed by atoms with Gasteiger partial charge in [0.2, 0.25) is 11.8 Å². The quantitative estimate of drug-likeness (QED) is 0.352. The summed E-state index contributed by atoms with van der Waals surface area (Å²) in [5, 5.41) is 5.80. The van der Waals surface area contributed by atoms with E-state index in [0.29, 0.717) is 6.54 Å². The summed E-state index contributed by atoms with van der Waals surface area (Å²) in [5.41, 5.74) is 2.07. The van der Waals surface area contributed by atoms with Crippen molar-refractivity contribution in [3.63, 3.8) is 0 Å². The van der Waals surface area contributed by atoms with Crippen LogP contribution in [0.15, 0.2) is 18.2 Å². The smallest absolute Gasteiger partial charge is 0.408 e. The van der Waals surface area contributed by atoms with Crippen LogP contribution in [-0.4, -0.2) is 47.0 Å². The lowest BCUT2D eigenvalue weighted by Crippen LogP contribution is -2.55. The Morgan fingerprint density at radius 2 is 1.61 bits per heavy atom. The van der Waals surface area contributed by atoms with Gasteiger partial charge in [0.25, 0.3) is 0 Å². The Labute approximate surface area is 218 Å². The van der Waals surface area contributed by atoms with Gasteiger partial charge in [-0.15, -0.1) is 0 Å². The number of ether oxygens (including phenoxy) is 1. The third-order valence-corrected chi connectivity index (χ3v) is 5.86. The molecule has 0 saturated heterocycles. The van der Waals surface area contributed by atoms with Crippen molar-refractivity contribution < 1.29 is 19.1 Å². The zero-order valence-corrected chi connectivity index (χ0v) is 24.2. The summed E-state index contributed by atoms with van der Waals surface area (Å²) >= 11 is 0. The lowest BCUT2D eigenvalue weighted by Gasteiger charge is -2.36. The van der Waals surface area contributed by atoms with Gasteiger partial charge in [0.15, 0.2) is 0 Å². The molecule has 0 spiro atoms. The first kappa shape index (κ1) is 31.5. The molecule has 0 aliphatic carbocycles. The van der Waals surface area contributed by atoms with Gasteiger partial charge in [-0.1, -0.05) is 63.8 Å². The molecule has 7 nitrogen and oxygen atoms in total. The molecule has 7 heteroatoms. The average Bonchev–Trinajstić information content (AvgIpc) is 2.73. The molecule has 0 saturated carbocycles. The topological polar surface area (TPSA) is 87.7 Å². The summed E-state index contributed by atoms with van der Waals surface area (Å²) in [6, 6.07) is 4.26. The highest BCUT2D eigenvalue weighted by atomic mass is 16.6. The van der Waals surface area contributed by atoms with E-state index in [1.165, 1.54) is 0 Å². The number of hydrogen-bond donors (Lipinski definition) is 2. The second-order valence-electron chi connectivity index (χ2n) is 11.4. The molecular formula is C29H49N3O4. The van der Waals surface area contributed by atoms with E-state index in [-0.39, 0.29) is 23.8 Å². The van der Waals surface area contributed by atoms with Crippen molar-refractivity contribution in [1.82, 2.24) is 15.5 Å². The maximum absolute atomic E-state index is 14.1. The largest absolute Gasteiger partial charge is 0.444 e. The van der Waals surface area contributed by atoms with Gasteiger partial charge in [0.1, 0.15) is 17.7 Å². The number of unbranched alkanes of at least 4 members (excludes halogenated alkanes) is 3. The molecule has 2 atom stereocenters. The minimum atomic E-state index is -0.828. The molecule has 2 unspecified atom stereocenters. The summed E-state index contributed by atoms with van der Waals surface area (Å²) in [5.74, 6) is -0.699. The zero-order chi connectivity index (χ0) is 27.6. The van der Waals surface area contributed by atoms with Crippen LogP contribution in [0.25, 0.3) is 0 Å². The van der Waals surface area contributed by atoms with Gasteiger partial charge >= 0.3 is 6.09 Å². The van der Waals surface area contributed by atoms with Gasteiger partial charge in [0, 0.05) is 12.6 Å². The standard InChI is InChI=1S/C29H49N3O4/c1-11-12-13-14-17-32(27(34)24(19(2)3)31-28(35)36-29(8,9)10)25(26(33)30-20(4)5)23-18-21(6)15-16-22(23)7/h15-16,18-20,24-25H,11-14,17H2,1-10H3,(H,30,33)(H,31,35). The molecule has 0 aromatic heterocycles. The van der Waals surface area contributed by atoms with E-state index in [1.807, 2.05) is 59.7 Å². The highest BCUT2D eigenvalue weighted by molar-refractivity contribution is 5.92. The molecule has 1 aromatic carbocycles. The van der Waals surface area contributed by atoms with Crippen molar-refractivity contribution in [2.24, 2.45) is 5.92 Å². The van der Waals surface area contributed by atoms with E-state index in [2.05, 4.69) is 17.6 Å². The van der Waals surface area contributed by atoms with Crippen molar-refractivity contribution in [2.75, 3.05) is 6.54 Å². The molecule has 1 rings (SSSR count). The summed E-state index contributed by atoms with van der Waals surface area (Å²) in [4.78, 5) is 42.1. The van der Waals surface area contributed by atoms with Crippen molar-refractivity contribution in [3.05, 3.63) is 34.9 Å². The fraction of sp³-hybridized carbons (Fsp3) is 0.690. The fourth-order valence-corrected chi connectivity index (χ4v) is 4.07. The predicted octanol–water partition coefficient (Wildman–Crippen LogP) is 5.83. The van der Waals surface area contributed by atoms with Gasteiger partial charge in [-0.2, -0.15) is 0 Å². The maximum atomic E-state index is 14.1. The SMILES string of the molecule is CCCCCCN(C(=O)C(NC(=O)OC(C)(C)C)C(C)C)C(C(=O)NC(C)C)c1cc(C)ccc1C. The van der Waals surface area contributed by atoms with Crippen molar-refractivity contribution in [2.45, 2.75) is 119 Å². The number of carbonyl (C=O) groups excluding carboxylic acids is 3. The lowest BCUT2D eigenvalue weighted by atomic mass is 9.94. The molecule has 0 radical (unpaired) electrons. The van der Waals surface area contributed by atoms with Crippen LogP contribution < -0.4 is 10.6 Å². The van der Waals surface area contributed by atoms with Crippen LogP contribution in [0.3, 0.4) is 0 Å². The number of rotatable bonds is 12. The molecule has 3 amide bonds. The first-order valence-corrected chi connectivity index (χ1v) is 13.3. The zero-order valence-electron chi connectivity index (χ0n) is 24.2. The second-order valence-corrected chi connectivity index (χ2v) is 11.4. The molecule has 1 aromatic rings. The van der Waals surface area contributed by atoms with Crippen LogP contribution in [0.2, 0.25) is 0 Å². The minimum Gasteiger partial charge on any atom is -0.444 e. The molecule has 0 fully saturated rings. The Morgan fingerprint density at radius 1 is 0.972 bits per heavy atom. The van der Waals surface area contributed by atoms with Gasteiger partial charge in [-0.25, -0.2) is 4.79 Å². The van der Waals surface area contributed by atoms with Gasteiger partial charge < -0.3 is 20.3 Å². The Hall–Kier alpha value is -2.57. The normalized spacial score (nSPS) is 13.3. The highest BCUT2D eigenvalue weighted by Crippen LogP contribution is 2.28. The maximum Gasteiger partial charge on any atom is 0.408 e. The number of aryl methyl sites for hydroxylation is 2. The van der Waals surface area contributed by atoms with Crippen LogP contribution in [0.4, 0.5) is 4.79 Å². The molecule has 36 heavy (non-hydrogen) atoms. The van der Waals surface area contributed by atoms with E-state index in [9.17, 15) is 14.4 Å². The van der Waals surface area contributed by atoms with Crippen molar-refractivity contribution in [1.29, 1.82) is 0 Å². The average molecular weight is 504 g/mol. The van der Waals surface area contributed by atoms with Crippen molar-refractivity contribution in [3.8, 4) is 0 Å². The third kappa shape index (κ3) is 10.2. The van der Waals surface area contributed by atoms with E-state index in [4.69, 9.17) is 4.74 Å². The minimum absolute atomic E-state index is 0.0806. The monoisotopic (exact) mass is 503 g/mol. The summed E-state index contributed by atoms with van der Waals surface area (Å²) < 4.78 is 5.44. The Kier molecular flexibility index (Phi) is 12.4. The Bertz CT molecular complexity index is 874. The molecule has 0 heterocycles. The number of hydrogen-bond acceptors (Lipinski definition) is 4. The molecular weight excluding hydrogens is 454 g/mol. The number of nitrogens with one attached hydrogen (secondary N) is 2. The summed E-state index contributed by atoms with van der Waals surface area (Å²) in [6.07, 6.45) is 3.20. The van der Waals surface area contributed by atoms with Gasteiger partial charge in [0.05, 0.1) is 0 Å². The summed E-state index contributed by atoms with van der Waals surface area (Å²) in [6.45, 7) is 19.4. The molecule has 204 valence electrons. The first-order valence-electron chi connectivity index (χ1n) is 13.3. The lowest BCUT2D eigenvalue weighted by molar-refractivity contribution is -0.143. The third-order valence-electron chi connectivity index (χ3n) is 5.86. The molecule has 2 N–H and O–H groups in total. The van der Waals surface area contributed by atoms with Crippen LogP contribution in [0.5, 0.6) is 0 Å². The highest BCUT2D eigenvalue weighted by Gasteiger charge is 2.38. The number of benzene rings is 1. The molecule has 0 bridgehead atoms. The Morgan fingerprint density at radius 3 is 2.14 bits per heavy atom. The summed E-state index contributed by atoms with van der Waals surface area (Å²) in [7, 11) is 0. The molecule has 0 aliphatic heterocycles.